The zero-order valence-corrected chi connectivity index (χ0v) is 15.7. The van der Waals surface area contributed by atoms with Gasteiger partial charge in [0.2, 0.25) is 5.91 Å². The highest BCUT2D eigenvalue weighted by Gasteiger charge is 2.27. The predicted octanol–water partition coefficient (Wildman–Crippen LogP) is 2.98. The molecule has 0 radical (unpaired) electrons. The molecule has 0 aromatic heterocycles. The van der Waals surface area contributed by atoms with Crippen LogP contribution in [-0.2, 0) is 4.79 Å². The van der Waals surface area contributed by atoms with Crippen LogP contribution in [0.3, 0.4) is 0 Å². The van der Waals surface area contributed by atoms with Crippen LogP contribution in [0.15, 0.2) is 42.5 Å². The van der Waals surface area contributed by atoms with Crippen LogP contribution in [0.4, 0.5) is 14.5 Å². The third-order valence-corrected chi connectivity index (χ3v) is 4.35. The molecule has 3 rings (SSSR count). The molecule has 146 valence electrons. The fraction of sp³-hybridized carbons (Fsp3) is 0.316. The Morgan fingerprint density at radius 2 is 1.96 bits per heavy atom. The van der Waals surface area contributed by atoms with E-state index in [1.54, 1.807) is 7.11 Å². The highest BCUT2D eigenvalue weighted by atomic mass is 35.5. The average molecular weight is 398 g/mol. The van der Waals surface area contributed by atoms with Gasteiger partial charge >= 0.3 is 0 Å². The summed E-state index contributed by atoms with van der Waals surface area (Å²) in [6.07, 6.45) is 0. The van der Waals surface area contributed by atoms with Crippen molar-refractivity contribution in [3.8, 4) is 5.75 Å². The molecule has 1 saturated heterocycles. The number of hydrogen-bond donors (Lipinski definition) is 2. The maximum Gasteiger partial charge on any atom is 0.238 e. The number of piperazine rings is 1. The molecule has 2 aromatic carbocycles. The second-order valence-electron chi connectivity index (χ2n) is 6.14. The third-order valence-electron chi connectivity index (χ3n) is 4.35. The van der Waals surface area contributed by atoms with Gasteiger partial charge in [0.25, 0.3) is 0 Å². The summed E-state index contributed by atoms with van der Waals surface area (Å²) in [5.41, 5.74) is 1.10. The Bertz CT molecular complexity index is 771. The van der Waals surface area contributed by atoms with Gasteiger partial charge < -0.3 is 15.4 Å². The number of methoxy groups -OCH3 is 1. The number of halogens is 3. The van der Waals surface area contributed by atoms with Gasteiger partial charge in [-0.25, -0.2) is 8.78 Å². The van der Waals surface area contributed by atoms with E-state index in [-0.39, 0.29) is 36.6 Å². The van der Waals surface area contributed by atoms with E-state index in [1.807, 2.05) is 29.2 Å². The third kappa shape index (κ3) is 5.38. The SMILES string of the molecule is COc1ccccc1C1CNCCN1CC(=O)Nc1cc(F)cc(F)c1.Cl. The first-order valence-electron chi connectivity index (χ1n) is 8.40. The molecule has 0 saturated carbocycles. The lowest BCUT2D eigenvalue weighted by atomic mass is 10.0. The molecule has 1 aliphatic heterocycles. The predicted molar refractivity (Wildman–Crippen MR) is 102 cm³/mol. The molecule has 0 bridgehead atoms. The number of amides is 1. The van der Waals surface area contributed by atoms with Crippen LogP contribution in [-0.4, -0.2) is 44.1 Å². The van der Waals surface area contributed by atoms with Gasteiger partial charge in [-0.3, -0.25) is 9.69 Å². The summed E-state index contributed by atoms with van der Waals surface area (Å²) in [6.45, 7) is 2.23. The van der Waals surface area contributed by atoms with E-state index in [0.29, 0.717) is 13.1 Å². The van der Waals surface area contributed by atoms with Crippen molar-refractivity contribution in [3.63, 3.8) is 0 Å². The van der Waals surface area contributed by atoms with Crippen molar-refractivity contribution >= 4 is 24.0 Å². The Labute approximate surface area is 163 Å². The normalized spacial score (nSPS) is 17.1. The molecule has 2 N–H and O–H groups in total. The standard InChI is InChI=1S/C19H21F2N3O2.ClH/c1-26-18-5-3-2-4-16(18)17-11-22-6-7-24(17)12-19(25)23-15-9-13(20)8-14(21)10-15;/h2-5,8-10,17,22H,6-7,11-12H2,1H3,(H,23,25);1H. The number of carbonyl (C=O) groups excluding carboxylic acids is 1. The molecule has 1 heterocycles. The molecule has 27 heavy (non-hydrogen) atoms. The Kier molecular flexibility index (Phi) is 7.53. The van der Waals surface area contributed by atoms with Crippen molar-refractivity contribution in [2.45, 2.75) is 6.04 Å². The number of ether oxygens (including phenoxy) is 1. The molecule has 1 aliphatic rings. The lowest BCUT2D eigenvalue weighted by Crippen LogP contribution is -2.48. The lowest BCUT2D eigenvalue weighted by Gasteiger charge is -2.36. The summed E-state index contributed by atoms with van der Waals surface area (Å²) >= 11 is 0. The molecule has 1 amide bonds. The average Bonchev–Trinajstić information content (AvgIpc) is 2.61. The van der Waals surface area contributed by atoms with Crippen molar-refractivity contribution in [2.75, 3.05) is 38.6 Å². The van der Waals surface area contributed by atoms with Gasteiger partial charge in [0.1, 0.15) is 17.4 Å². The molecule has 5 nitrogen and oxygen atoms in total. The first kappa shape index (κ1) is 21.1. The van der Waals surface area contributed by atoms with E-state index in [9.17, 15) is 13.6 Å². The van der Waals surface area contributed by atoms with Crippen LogP contribution < -0.4 is 15.4 Å². The van der Waals surface area contributed by atoms with Crippen LogP contribution in [0.1, 0.15) is 11.6 Å². The summed E-state index contributed by atoms with van der Waals surface area (Å²) in [6, 6.07) is 10.6. The lowest BCUT2D eigenvalue weighted by molar-refractivity contribution is -0.118. The van der Waals surface area contributed by atoms with Gasteiger partial charge in [0.15, 0.2) is 0 Å². The number of nitrogens with zero attached hydrogens (tertiary/aromatic N) is 1. The molecule has 0 aliphatic carbocycles. The van der Waals surface area contributed by atoms with Gasteiger partial charge in [0, 0.05) is 37.0 Å². The van der Waals surface area contributed by atoms with Crippen molar-refractivity contribution in [3.05, 3.63) is 59.7 Å². The number of benzene rings is 2. The number of anilines is 1. The topological polar surface area (TPSA) is 53.6 Å². The van der Waals surface area contributed by atoms with Crippen molar-refractivity contribution in [1.82, 2.24) is 10.2 Å². The zero-order valence-electron chi connectivity index (χ0n) is 14.9. The highest BCUT2D eigenvalue weighted by molar-refractivity contribution is 5.92. The van der Waals surface area contributed by atoms with E-state index in [1.165, 1.54) is 0 Å². The number of rotatable bonds is 5. The zero-order chi connectivity index (χ0) is 18.5. The summed E-state index contributed by atoms with van der Waals surface area (Å²) in [5, 5.41) is 5.88. The fourth-order valence-corrected chi connectivity index (χ4v) is 3.19. The van der Waals surface area contributed by atoms with Crippen molar-refractivity contribution in [2.24, 2.45) is 0 Å². The van der Waals surface area contributed by atoms with E-state index in [0.717, 1.165) is 36.1 Å². The van der Waals surface area contributed by atoms with Gasteiger partial charge in [-0.2, -0.15) is 0 Å². The maximum atomic E-state index is 13.3. The van der Waals surface area contributed by atoms with E-state index in [4.69, 9.17) is 4.74 Å². The van der Waals surface area contributed by atoms with Gasteiger partial charge in [0.05, 0.1) is 19.7 Å². The highest BCUT2D eigenvalue weighted by Crippen LogP contribution is 2.30. The van der Waals surface area contributed by atoms with Crippen LogP contribution in [0.25, 0.3) is 0 Å². The molecule has 8 heteroatoms. The Hall–Kier alpha value is -2.22. The molecule has 0 spiro atoms. The van der Waals surface area contributed by atoms with Crippen molar-refractivity contribution in [1.29, 1.82) is 0 Å². The van der Waals surface area contributed by atoms with E-state index >= 15 is 0 Å². The summed E-state index contributed by atoms with van der Waals surface area (Å²) in [7, 11) is 1.62. The first-order chi connectivity index (χ1) is 12.6. The minimum Gasteiger partial charge on any atom is -0.496 e. The van der Waals surface area contributed by atoms with Crippen molar-refractivity contribution < 1.29 is 18.3 Å². The second kappa shape index (κ2) is 9.64. The fourth-order valence-electron chi connectivity index (χ4n) is 3.19. The number of carbonyl (C=O) groups is 1. The summed E-state index contributed by atoms with van der Waals surface area (Å²) < 4.78 is 32.0. The van der Waals surface area contributed by atoms with Crippen LogP contribution in [0.2, 0.25) is 0 Å². The van der Waals surface area contributed by atoms with E-state index in [2.05, 4.69) is 10.6 Å². The minimum absolute atomic E-state index is 0. The van der Waals surface area contributed by atoms with Gasteiger partial charge in [-0.05, 0) is 18.2 Å². The Balaban J connectivity index is 0.00000261. The maximum absolute atomic E-state index is 13.3. The smallest absolute Gasteiger partial charge is 0.238 e. The molecule has 1 unspecified atom stereocenters. The number of nitrogens with one attached hydrogen (secondary N) is 2. The number of hydrogen-bond acceptors (Lipinski definition) is 4. The quantitative estimate of drug-likeness (QED) is 0.814. The largest absolute Gasteiger partial charge is 0.496 e. The summed E-state index contributed by atoms with van der Waals surface area (Å²) in [4.78, 5) is 14.4. The van der Waals surface area contributed by atoms with Gasteiger partial charge in [-0.1, -0.05) is 18.2 Å². The molecular weight excluding hydrogens is 376 g/mol. The number of para-hydroxylation sites is 1. The summed E-state index contributed by atoms with van der Waals surface area (Å²) in [5.74, 6) is -1.01. The van der Waals surface area contributed by atoms with Crippen LogP contribution >= 0.6 is 12.4 Å². The first-order valence-corrected chi connectivity index (χ1v) is 8.40. The van der Waals surface area contributed by atoms with Crippen LogP contribution in [0.5, 0.6) is 5.75 Å². The molecule has 1 atom stereocenters. The Morgan fingerprint density at radius 3 is 2.67 bits per heavy atom. The second-order valence-corrected chi connectivity index (χ2v) is 6.14. The van der Waals surface area contributed by atoms with Gasteiger partial charge in [-0.15, -0.1) is 12.4 Å². The molecular formula is C19H22ClF2N3O2. The molecule has 1 fully saturated rings. The Morgan fingerprint density at radius 1 is 1.26 bits per heavy atom. The van der Waals surface area contributed by atoms with Crippen LogP contribution in [0, 0.1) is 11.6 Å². The van der Waals surface area contributed by atoms with E-state index < -0.39 is 11.6 Å². The molecule has 2 aromatic rings. The monoisotopic (exact) mass is 397 g/mol. The minimum atomic E-state index is -0.727.